The second kappa shape index (κ2) is 7.79. The zero-order chi connectivity index (χ0) is 17.0. The minimum atomic E-state index is -0.274. The largest absolute Gasteiger partial charge is 0.336 e. The predicted octanol–water partition coefficient (Wildman–Crippen LogP) is 2.89. The first-order chi connectivity index (χ1) is 10.9. The van der Waals surface area contributed by atoms with E-state index in [0.717, 1.165) is 25.8 Å². The zero-order valence-corrected chi connectivity index (χ0v) is 14.4. The number of nitrogens with two attached hydrogens (primary N) is 1. The Morgan fingerprint density at radius 2 is 2.17 bits per heavy atom. The van der Waals surface area contributed by atoms with Crippen LogP contribution in [0.15, 0.2) is 18.2 Å². The van der Waals surface area contributed by atoms with E-state index in [1.54, 1.807) is 25.1 Å². The van der Waals surface area contributed by atoms with Crippen molar-refractivity contribution in [3.05, 3.63) is 28.8 Å². The normalized spacial score (nSPS) is 19.3. The summed E-state index contributed by atoms with van der Waals surface area (Å²) in [6.07, 6.45) is 3.20. The Kier molecular flexibility index (Phi) is 6.02. The number of carbonyl (C=O) groups excluding carboxylic acids is 2. The molecule has 0 bridgehead atoms. The van der Waals surface area contributed by atoms with Crippen molar-refractivity contribution in [2.75, 3.05) is 18.4 Å². The van der Waals surface area contributed by atoms with Crippen LogP contribution < -0.4 is 11.1 Å². The van der Waals surface area contributed by atoms with Crippen molar-refractivity contribution in [3.63, 3.8) is 0 Å². The number of hydrogen-bond donors (Lipinski definition) is 2. The molecule has 0 spiro atoms. The van der Waals surface area contributed by atoms with Crippen LogP contribution in [0.3, 0.4) is 0 Å². The lowest BCUT2D eigenvalue weighted by Crippen LogP contribution is -2.42. The fourth-order valence-electron chi connectivity index (χ4n) is 2.69. The highest BCUT2D eigenvalue weighted by atomic mass is 35.5. The fourth-order valence-corrected chi connectivity index (χ4v) is 2.95. The first-order valence-corrected chi connectivity index (χ1v) is 8.43. The first-order valence-electron chi connectivity index (χ1n) is 8.05. The minimum Gasteiger partial charge on any atom is -0.336 e. The lowest BCUT2D eigenvalue weighted by Gasteiger charge is -2.33. The molecular formula is C17H24ClN3O2. The second-order valence-corrected chi connectivity index (χ2v) is 6.57. The number of amides is 2. The van der Waals surface area contributed by atoms with Gasteiger partial charge in [0.15, 0.2) is 0 Å². The Balaban J connectivity index is 2.12. The van der Waals surface area contributed by atoms with E-state index >= 15 is 0 Å². The van der Waals surface area contributed by atoms with E-state index in [9.17, 15) is 9.59 Å². The van der Waals surface area contributed by atoms with Crippen LogP contribution in [0.4, 0.5) is 5.69 Å². The van der Waals surface area contributed by atoms with Gasteiger partial charge < -0.3 is 16.0 Å². The molecule has 3 N–H and O–H groups in total. The van der Waals surface area contributed by atoms with Crippen LogP contribution in [-0.4, -0.2) is 35.8 Å². The summed E-state index contributed by atoms with van der Waals surface area (Å²) in [4.78, 5) is 26.4. The smallest absolute Gasteiger partial charge is 0.255 e. The van der Waals surface area contributed by atoms with Crippen molar-refractivity contribution in [1.82, 2.24) is 4.90 Å². The van der Waals surface area contributed by atoms with E-state index in [0.29, 0.717) is 16.3 Å². The van der Waals surface area contributed by atoms with Gasteiger partial charge in [-0.25, -0.2) is 0 Å². The molecule has 1 aliphatic heterocycles. The Bertz CT molecular complexity index is 591. The van der Waals surface area contributed by atoms with Crippen molar-refractivity contribution < 1.29 is 9.59 Å². The maximum atomic E-state index is 12.7. The summed E-state index contributed by atoms with van der Waals surface area (Å²) in [5.74, 6) is -0.480. The molecular weight excluding hydrogens is 314 g/mol. The number of nitrogens with zero attached hydrogens (tertiary/aromatic N) is 1. The van der Waals surface area contributed by atoms with Crippen LogP contribution in [0, 0.1) is 5.92 Å². The molecule has 2 amide bonds. The molecule has 1 saturated heterocycles. The van der Waals surface area contributed by atoms with Crippen LogP contribution in [0.25, 0.3) is 0 Å². The molecule has 1 heterocycles. The zero-order valence-electron chi connectivity index (χ0n) is 13.6. The summed E-state index contributed by atoms with van der Waals surface area (Å²) in [5, 5.41) is 3.11. The van der Waals surface area contributed by atoms with Crippen molar-refractivity contribution in [2.24, 2.45) is 11.7 Å². The van der Waals surface area contributed by atoms with E-state index in [-0.39, 0.29) is 30.3 Å². The number of benzene rings is 1. The van der Waals surface area contributed by atoms with Gasteiger partial charge in [0.25, 0.3) is 5.91 Å². The topological polar surface area (TPSA) is 75.4 Å². The molecule has 5 nitrogen and oxygen atoms in total. The highest BCUT2D eigenvalue weighted by Crippen LogP contribution is 2.26. The third kappa shape index (κ3) is 4.24. The highest BCUT2D eigenvalue weighted by molar-refractivity contribution is 6.34. The summed E-state index contributed by atoms with van der Waals surface area (Å²) < 4.78 is 0. The third-order valence-electron chi connectivity index (χ3n) is 4.33. The molecule has 2 unspecified atom stereocenters. The Labute approximate surface area is 142 Å². The number of anilines is 1. The summed E-state index contributed by atoms with van der Waals surface area (Å²) in [6.45, 7) is 4.87. The third-order valence-corrected chi connectivity index (χ3v) is 4.64. The molecule has 0 aromatic heterocycles. The molecule has 1 fully saturated rings. The molecule has 6 heteroatoms. The molecule has 0 aliphatic carbocycles. The van der Waals surface area contributed by atoms with Crippen molar-refractivity contribution in [1.29, 1.82) is 0 Å². The molecule has 1 aliphatic rings. The quantitative estimate of drug-likeness (QED) is 0.887. The van der Waals surface area contributed by atoms with Gasteiger partial charge in [-0.15, -0.1) is 0 Å². The van der Waals surface area contributed by atoms with Gasteiger partial charge in [-0.3, -0.25) is 9.59 Å². The van der Waals surface area contributed by atoms with Gasteiger partial charge in [0.05, 0.1) is 10.6 Å². The van der Waals surface area contributed by atoms with Crippen LogP contribution in [0.5, 0.6) is 0 Å². The molecule has 0 saturated carbocycles. The summed E-state index contributed by atoms with van der Waals surface area (Å²) >= 11 is 6.26. The number of hydrogen-bond acceptors (Lipinski definition) is 3. The maximum Gasteiger partial charge on any atom is 0.255 e. The monoisotopic (exact) mass is 337 g/mol. The van der Waals surface area contributed by atoms with E-state index in [1.165, 1.54) is 0 Å². The van der Waals surface area contributed by atoms with Gasteiger partial charge in [0.2, 0.25) is 5.91 Å². The first kappa shape index (κ1) is 17.8. The van der Waals surface area contributed by atoms with Crippen molar-refractivity contribution in [2.45, 2.75) is 39.2 Å². The lowest BCUT2D eigenvalue weighted by atomic mass is 10.0. The molecule has 2 rings (SSSR count). The average molecular weight is 338 g/mol. The molecule has 1 aromatic rings. The number of halogens is 1. The summed E-state index contributed by atoms with van der Waals surface area (Å²) in [5.41, 5.74) is 6.53. The van der Waals surface area contributed by atoms with Gasteiger partial charge in [0, 0.05) is 30.7 Å². The predicted molar refractivity (Wildman–Crippen MR) is 92.6 cm³/mol. The average Bonchev–Trinajstić information content (AvgIpc) is 2.54. The van der Waals surface area contributed by atoms with Crippen molar-refractivity contribution >= 4 is 29.1 Å². The minimum absolute atomic E-state index is 0.0459. The van der Waals surface area contributed by atoms with Gasteiger partial charge >= 0.3 is 0 Å². The van der Waals surface area contributed by atoms with E-state index < -0.39 is 0 Å². The van der Waals surface area contributed by atoms with Crippen LogP contribution >= 0.6 is 11.6 Å². The SMILES string of the molecule is CC(CN)C(=O)Nc1ccc(C(=O)N2CCCCC2C)c(Cl)c1. The summed E-state index contributed by atoms with van der Waals surface area (Å²) in [7, 11) is 0. The highest BCUT2D eigenvalue weighted by Gasteiger charge is 2.25. The second-order valence-electron chi connectivity index (χ2n) is 6.16. The molecule has 0 radical (unpaired) electrons. The molecule has 126 valence electrons. The lowest BCUT2D eigenvalue weighted by molar-refractivity contribution is -0.119. The van der Waals surface area contributed by atoms with E-state index in [4.69, 9.17) is 17.3 Å². The van der Waals surface area contributed by atoms with Gasteiger partial charge in [-0.05, 0) is 44.4 Å². The number of likely N-dealkylation sites (tertiary alicyclic amines) is 1. The number of piperidine rings is 1. The van der Waals surface area contributed by atoms with Crippen molar-refractivity contribution in [3.8, 4) is 0 Å². The summed E-state index contributed by atoms with van der Waals surface area (Å²) in [6, 6.07) is 5.23. The molecule has 23 heavy (non-hydrogen) atoms. The Morgan fingerprint density at radius 3 is 2.78 bits per heavy atom. The van der Waals surface area contributed by atoms with Crippen LogP contribution in [0.1, 0.15) is 43.5 Å². The number of nitrogens with one attached hydrogen (secondary N) is 1. The van der Waals surface area contributed by atoms with Crippen LogP contribution in [-0.2, 0) is 4.79 Å². The number of carbonyl (C=O) groups is 2. The van der Waals surface area contributed by atoms with E-state index in [1.807, 2.05) is 4.90 Å². The van der Waals surface area contributed by atoms with Gasteiger partial charge in [0.1, 0.15) is 0 Å². The van der Waals surface area contributed by atoms with Gasteiger partial charge in [-0.1, -0.05) is 18.5 Å². The molecule has 2 atom stereocenters. The standard InChI is InChI=1S/C17H24ClN3O2/c1-11(10-19)16(22)20-13-6-7-14(15(18)9-13)17(23)21-8-4-3-5-12(21)2/h6-7,9,11-12H,3-5,8,10,19H2,1-2H3,(H,20,22). The van der Waals surface area contributed by atoms with Crippen LogP contribution in [0.2, 0.25) is 5.02 Å². The molecule has 1 aromatic carbocycles. The maximum absolute atomic E-state index is 12.7. The Hall–Kier alpha value is -1.59. The fraction of sp³-hybridized carbons (Fsp3) is 0.529. The van der Waals surface area contributed by atoms with E-state index in [2.05, 4.69) is 12.2 Å². The Morgan fingerprint density at radius 1 is 1.43 bits per heavy atom. The van der Waals surface area contributed by atoms with Gasteiger partial charge in [-0.2, -0.15) is 0 Å². The number of rotatable bonds is 4.